The Morgan fingerprint density at radius 3 is 2.32 bits per heavy atom. The SMILES string of the molecule is NC(=O)c1sc2c(c1N)C(c1ccccc1)CC(c1ccccc1)=N2. The predicted molar refractivity (Wildman–Crippen MR) is 103 cm³/mol. The van der Waals surface area contributed by atoms with Crippen molar-refractivity contribution in [3.8, 4) is 0 Å². The van der Waals surface area contributed by atoms with Crippen LogP contribution in [0.5, 0.6) is 0 Å². The highest BCUT2D eigenvalue weighted by atomic mass is 32.1. The molecular formula is C20H17N3OS. The third kappa shape index (κ3) is 2.72. The monoisotopic (exact) mass is 347 g/mol. The summed E-state index contributed by atoms with van der Waals surface area (Å²) in [5.41, 5.74) is 16.4. The third-order valence-electron chi connectivity index (χ3n) is 4.48. The number of fused-ring (bicyclic) bond motifs is 1. The lowest BCUT2D eigenvalue weighted by molar-refractivity contribution is 0.100. The number of anilines is 1. The van der Waals surface area contributed by atoms with E-state index in [1.807, 2.05) is 36.4 Å². The molecule has 0 saturated heterocycles. The lowest BCUT2D eigenvalue weighted by Gasteiger charge is -2.24. The van der Waals surface area contributed by atoms with Crippen molar-refractivity contribution in [1.82, 2.24) is 0 Å². The molecule has 4 rings (SSSR count). The summed E-state index contributed by atoms with van der Waals surface area (Å²) in [6.07, 6.45) is 0.736. The van der Waals surface area contributed by atoms with Crippen molar-refractivity contribution in [3.05, 3.63) is 82.2 Å². The zero-order valence-electron chi connectivity index (χ0n) is 13.5. The highest BCUT2D eigenvalue weighted by Gasteiger charge is 2.31. The highest BCUT2D eigenvalue weighted by Crippen LogP contribution is 2.49. The van der Waals surface area contributed by atoms with Gasteiger partial charge in [-0.1, -0.05) is 60.7 Å². The summed E-state index contributed by atoms with van der Waals surface area (Å²) in [7, 11) is 0. The van der Waals surface area contributed by atoms with Crippen molar-refractivity contribution in [2.45, 2.75) is 12.3 Å². The minimum atomic E-state index is -0.500. The molecule has 1 atom stereocenters. The lowest BCUT2D eigenvalue weighted by Crippen LogP contribution is -2.16. The van der Waals surface area contributed by atoms with E-state index in [0.717, 1.165) is 33.8 Å². The van der Waals surface area contributed by atoms with Gasteiger partial charge in [0.1, 0.15) is 9.88 Å². The maximum atomic E-state index is 11.7. The molecule has 1 unspecified atom stereocenters. The van der Waals surface area contributed by atoms with Gasteiger partial charge in [-0.2, -0.15) is 0 Å². The highest BCUT2D eigenvalue weighted by molar-refractivity contribution is 7.18. The third-order valence-corrected chi connectivity index (χ3v) is 5.61. The molecule has 5 heteroatoms. The second-order valence-electron chi connectivity index (χ2n) is 6.02. The molecule has 25 heavy (non-hydrogen) atoms. The maximum absolute atomic E-state index is 11.7. The van der Waals surface area contributed by atoms with Gasteiger partial charge in [-0.3, -0.25) is 4.79 Å². The quantitative estimate of drug-likeness (QED) is 0.748. The van der Waals surface area contributed by atoms with Crippen LogP contribution < -0.4 is 11.5 Å². The van der Waals surface area contributed by atoms with Gasteiger partial charge in [0.25, 0.3) is 5.91 Å². The van der Waals surface area contributed by atoms with Gasteiger partial charge in [0.05, 0.1) is 11.4 Å². The second kappa shape index (κ2) is 6.18. The second-order valence-corrected chi connectivity index (χ2v) is 7.02. The van der Waals surface area contributed by atoms with E-state index in [4.69, 9.17) is 16.5 Å². The zero-order valence-corrected chi connectivity index (χ0v) is 14.3. The van der Waals surface area contributed by atoms with Crippen LogP contribution in [-0.4, -0.2) is 11.6 Å². The number of nitrogens with zero attached hydrogens (tertiary/aromatic N) is 1. The summed E-state index contributed by atoms with van der Waals surface area (Å²) in [6, 6.07) is 20.3. The fourth-order valence-electron chi connectivity index (χ4n) is 3.29. The topological polar surface area (TPSA) is 81.5 Å². The van der Waals surface area contributed by atoms with Gasteiger partial charge in [-0.05, 0) is 11.1 Å². The predicted octanol–water partition coefficient (Wildman–Crippen LogP) is 4.09. The van der Waals surface area contributed by atoms with Gasteiger partial charge >= 0.3 is 0 Å². The number of nitrogens with two attached hydrogens (primary N) is 2. The van der Waals surface area contributed by atoms with Crippen molar-refractivity contribution in [2.75, 3.05) is 5.73 Å². The molecule has 4 nitrogen and oxygen atoms in total. The van der Waals surface area contributed by atoms with Crippen LogP contribution in [0, 0.1) is 0 Å². The normalized spacial score (nSPS) is 16.2. The Hall–Kier alpha value is -2.92. The molecule has 2 heterocycles. The Balaban J connectivity index is 1.91. The van der Waals surface area contributed by atoms with Crippen molar-refractivity contribution < 1.29 is 4.79 Å². The van der Waals surface area contributed by atoms with Crippen LogP contribution in [0.3, 0.4) is 0 Å². The number of carbonyl (C=O) groups excluding carboxylic acids is 1. The average Bonchev–Trinajstić information content (AvgIpc) is 2.99. The summed E-state index contributed by atoms with van der Waals surface area (Å²) >= 11 is 1.28. The van der Waals surface area contributed by atoms with Gasteiger partial charge in [0.15, 0.2) is 0 Å². The lowest BCUT2D eigenvalue weighted by atomic mass is 9.83. The number of benzene rings is 2. The van der Waals surface area contributed by atoms with Crippen molar-refractivity contribution in [3.63, 3.8) is 0 Å². The average molecular weight is 347 g/mol. The summed E-state index contributed by atoms with van der Waals surface area (Å²) < 4.78 is 0. The molecule has 124 valence electrons. The smallest absolute Gasteiger partial charge is 0.260 e. The molecule has 0 spiro atoms. The van der Waals surface area contributed by atoms with Crippen LogP contribution in [0.25, 0.3) is 0 Å². The molecule has 2 aromatic carbocycles. The molecule has 1 aromatic heterocycles. The first-order chi connectivity index (χ1) is 12.1. The van der Waals surface area contributed by atoms with E-state index in [9.17, 15) is 4.79 Å². The Bertz CT molecular complexity index is 961. The molecular weight excluding hydrogens is 330 g/mol. The van der Waals surface area contributed by atoms with Gasteiger partial charge < -0.3 is 11.5 Å². The Morgan fingerprint density at radius 2 is 1.68 bits per heavy atom. The molecule has 0 aliphatic carbocycles. The van der Waals surface area contributed by atoms with Gasteiger partial charge in [0, 0.05) is 17.9 Å². The van der Waals surface area contributed by atoms with Crippen LogP contribution in [0.2, 0.25) is 0 Å². The first-order valence-electron chi connectivity index (χ1n) is 8.05. The van der Waals surface area contributed by atoms with Gasteiger partial charge in [-0.25, -0.2) is 4.99 Å². The maximum Gasteiger partial charge on any atom is 0.260 e. The number of hydrogen-bond donors (Lipinski definition) is 2. The van der Waals surface area contributed by atoms with Crippen LogP contribution in [0.4, 0.5) is 10.7 Å². The summed E-state index contributed by atoms with van der Waals surface area (Å²) in [5.74, 6) is -0.437. The van der Waals surface area contributed by atoms with E-state index in [1.54, 1.807) is 0 Å². The molecule has 4 N–H and O–H groups in total. The first-order valence-corrected chi connectivity index (χ1v) is 8.86. The Morgan fingerprint density at radius 1 is 1.04 bits per heavy atom. The van der Waals surface area contributed by atoms with Gasteiger partial charge in [0.2, 0.25) is 0 Å². The number of primary amides is 1. The fourth-order valence-corrected chi connectivity index (χ4v) is 4.33. The first kappa shape index (κ1) is 15.6. The largest absolute Gasteiger partial charge is 0.397 e. The van der Waals surface area contributed by atoms with Crippen LogP contribution in [0.1, 0.15) is 38.7 Å². The zero-order chi connectivity index (χ0) is 17.4. The number of thiophene rings is 1. The number of rotatable bonds is 3. The van der Waals surface area contributed by atoms with Crippen molar-refractivity contribution in [1.29, 1.82) is 0 Å². The minimum Gasteiger partial charge on any atom is -0.397 e. The van der Waals surface area contributed by atoms with Crippen LogP contribution >= 0.6 is 11.3 Å². The van der Waals surface area contributed by atoms with Gasteiger partial charge in [-0.15, -0.1) is 11.3 Å². The number of amides is 1. The Kier molecular flexibility index (Phi) is 3.86. The molecule has 1 aliphatic rings. The summed E-state index contributed by atoms with van der Waals surface area (Å²) in [5, 5.41) is 0.783. The minimum absolute atomic E-state index is 0.0632. The van der Waals surface area contributed by atoms with E-state index >= 15 is 0 Å². The molecule has 0 radical (unpaired) electrons. The van der Waals surface area contributed by atoms with E-state index in [-0.39, 0.29) is 5.92 Å². The molecule has 1 aliphatic heterocycles. The van der Waals surface area contributed by atoms with E-state index < -0.39 is 5.91 Å². The molecule has 0 saturated carbocycles. The van der Waals surface area contributed by atoms with E-state index in [2.05, 4.69) is 24.3 Å². The molecule has 1 amide bonds. The van der Waals surface area contributed by atoms with E-state index in [1.165, 1.54) is 11.3 Å². The molecule has 0 fully saturated rings. The van der Waals surface area contributed by atoms with Crippen molar-refractivity contribution in [2.24, 2.45) is 10.7 Å². The number of aliphatic imine (C=N–C) groups is 1. The molecule has 3 aromatic rings. The van der Waals surface area contributed by atoms with Crippen LogP contribution in [0.15, 0.2) is 65.7 Å². The number of carbonyl (C=O) groups is 1. The van der Waals surface area contributed by atoms with E-state index in [0.29, 0.717) is 10.6 Å². The number of hydrogen-bond acceptors (Lipinski definition) is 4. The molecule has 0 bridgehead atoms. The number of nitrogen functional groups attached to an aromatic ring is 1. The standard InChI is InChI=1S/C20H17N3OS/c21-17-16-14(12-7-3-1-4-8-12)11-15(13-9-5-2-6-10-13)23-20(16)25-18(17)19(22)24/h1-10,14H,11,21H2,(H2,22,24). The fraction of sp³-hybridized carbons (Fsp3) is 0.100. The van der Waals surface area contributed by atoms with Crippen LogP contribution in [-0.2, 0) is 0 Å². The summed E-state index contributed by atoms with van der Waals surface area (Å²) in [6.45, 7) is 0. The van der Waals surface area contributed by atoms with Crippen molar-refractivity contribution >= 4 is 33.6 Å². The summed E-state index contributed by atoms with van der Waals surface area (Å²) in [4.78, 5) is 16.9. The Labute approximate surface area is 149 Å².